The van der Waals surface area contributed by atoms with Gasteiger partial charge in [-0.3, -0.25) is 4.79 Å². The van der Waals surface area contributed by atoms with Crippen molar-refractivity contribution in [3.63, 3.8) is 0 Å². The molecule has 6 nitrogen and oxygen atoms in total. The first-order chi connectivity index (χ1) is 18.8. The average Bonchev–Trinajstić information content (AvgIpc) is 2.91. The lowest BCUT2D eigenvalue weighted by Gasteiger charge is -2.21. The summed E-state index contributed by atoms with van der Waals surface area (Å²) in [6, 6.07) is 0. The van der Waals surface area contributed by atoms with Gasteiger partial charge in [-0.1, -0.05) is 103 Å². The fourth-order valence-corrected chi connectivity index (χ4v) is 4.57. The molecule has 0 aromatic carbocycles. The minimum Gasteiger partial charge on any atom is -0.481 e. The molecule has 0 aliphatic carbocycles. The first-order valence-electron chi connectivity index (χ1n) is 16.3. The highest BCUT2D eigenvalue weighted by atomic mass is 16.6. The van der Waals surface area contributed by atoms with Crippen molar-refractivity contribution in [1.82, 2.24) is 0 Å². The Bertz CT molecular complexity index is 514. The average molecular weight is 558 g/mol. The van der Waals surface area contributed by atoms with Gasteiger partial charge >= 0.3 is 5.97 Å². The van der Waals surface area contributed by atoms with Crippen LogP contribution in [0.5, 0.6) is 0 Å². The van der Waals surface area contributed by atoms with E-state index in [1.165, 1.54) is 89.9 Å². The van der Waals surface area contributed by atoms with E-state index in [-0.39, 0.29) is 24.4 Å². The highest BCUT2D eigenvalue weighted by molar-refractivity contribution is 5.66. The van der Waals surface area contributed by atoms with Crippen LogP contribution >= 0.6 is 0 Å². The first kappa shape index (κ1) is 38.3. The van der Waals surface area contributed by atoms with Gasteiger partial charge in [0.2, 0.25) is 0 Å². The van der Waals surface area contributed by atoms with Crippen molar-refractivity contribution in [2.45, 2.75) is 175 Å². The molecule has 0 amide bonds. The number of carboxylic acid groups (broad SMARTS) is 1. The van der Waals surface area contributed by atoms with E-state index < -0.39 is 5.97 Å². The molecule has 1 radical (unpaired) electrons. The molecule has 0 aromatic rings. The third-order valence-corrected chi connectivity index (χ3v) is 7.15. The Morgan fingerprint density at radius 2 is 0.872 bits per heavy atom. The molecule has 39 heavy (non-hydrogen) atoms. The summed E-state index contributed by atoms with van der Waals surface area (Å²) in [7, 11) is 0. The van der Waals surface area contributed by atoms with Crippen molar-refractivity contribution in [3.8, 4) is 0 Å². The molecule has 0 spiro atoms. The summed E-state index contributed by atoms with van der Waals surface area (Å²) in [4.78, 5) is 10.5. The van der Waals surface area contributed by atoms with Crippen LogP contribution < -0.4 is 0 Å². The number of aliphatic carboxylic acids is 1. The number of rotatable bonds is 31. The lowest BCUT2D eigenvalue weighted by molar-refractivity contribution is -0.137. The topological polar surface area (TPSA) is 74.2 Å². The number of hydrogen-bond donors (Lipinski definition) is 1. The summed E-state index contributed by atoms with van der Waals surface area (Å²) in [5.41, 5.74) is 0. The van der Waals surface area contributed by atoms with Gasteiger partial charge in [0.1, 0.15) is 0 Å². The van der Waals surface area contributed by atoms with E-state index in [4.69, 9.17) is 24.1 Å². The molecular weight excluding hydrogens is 492 g/mol. The number of carbonyl (C=O) groups is 1. The molecule has 0 aliphatic rings. The van der Waals surface area contributed by atoms with Gasteiger partial charge in [0.25, 0.3) is 0 Å². The quantitative estimate of drug-likeness (QED) is 0.0858. The Morgan fingerprint density at radius 3 is 1.26 bits per heavy atom. The van der Waals surface area contributed by atoms with Crippen LogP contribution in [0.2, 0.25) is 0 Å². The zero-order valence-electron chi connectivity index (χ0n) is 26.4. The Kier molecular flexibility index (Phi) is 28.3. The zero-order valence-corrected chi connectivity index (χ0v) is 26.4. The van der Waals surface area contributed by atoms with Crippen molar-refractivity contribution in [2.24, 2.45) is 0 Å². The number of hydrogen-bond acceptors (Lipinski definition) is 5. The highest BCUT2D eigenvalue weighted by Crippen LogP contribution is 2.15. The lowest BCUT2D eigenvalue weighted by Crippen LogP contribution is -2.27. The minimum absolute atomic E-state index is 0.0478. The lowest BCUT2D eigenvalue weighted by atomic mass is 10.0. The van der Waals surface area contributed by atoms with E-state index in [0.29, 0.717) is 32.8 Å². The molecule has 0 bridgehead atoms. The molecular formula is C33H65O6. The van der Waals surface area contributed by atoms with Crippen LogP contribution in [0.3, 0.4) is 0 Å². The molecule has 0 rings (SSSR count). The van der Waals surface area contributed by atoms with Crippen LogP contribution in [0.1, 0.15) is 150 Å². The van der Waals surface area contributed by atoms with E-state index in [0.717, 1.165) is 19.3 Å². The van der Waals surface area contributed by atoms with Gasteiger partial charge in [0.15, 0.2) is 0 Å². The highest BCUT2D eigenvalue weighted by Gasteiger charge is 2.11. The van der Waals surface area contributed by atoms with E-state index in [1.807, 2.05) is 27.2 Å². The predicted molar refractivity (Wildman–Crippen MR) is 162 cm³/mol. The second-order valence-corrected chi connectivity index (χ2v) is 11.6. The SMILES string of the molecule is C[CH]COC(C)COC(C)COC(C)COC(C)CCCCCCCCCCCCCCCCCCC(=O)O. The van der Waals surface area contributed by atoms with Crippen LogP contribution in [-0.2, 0) is 23.7 Å². The molecule has 4 unspecified atom stereocenters. The van der Waals surface area contributed by atoms with Crippen LogP contribution in [0.4, 0.5) is 0 Å². The maximum absolute atomic E-state index is 10.5. The molecule has 6 heteroatoms. The van der Waals surface area contributed by atoms with Crippen LogP contribution in [-0.4, -0.2) is 61.9 Å². The molecule has 1 N–H and O–H groups in total. The second kappa shape index (κ2) is 28.8. The minimum atomic E-state index is -0.662. The van der Waals surface area contributed by atoms with Crippen LogP contribution in [0.25, 0.3) is 0 Å². The fraction of sp³-hybridized carbons (Fsp3) is 0.939. The predicted octanol–water partition coefficient (Wildman–Crippen LogP) is 8.94. The standard InChI is InChI=1S/C33H65O6/c1-6-25-36-30(3)26-38-32(5)28-39-31(4)27-37-29(2)23-21-19-17-15-13-11-9-7-8-10-12-14-16-18-20-22-24-33(34)35/h6,29-32H,7-28H2,1-5H3,(H,34,35). The van der Waals surface area contributed by atoms with Crippen LogP contribution in [0, 0.1) is 6.42 Å². The molecule has 0 heterocycles. The summed E-state index contributed by atoms with van der Waals surface area (Å²) < 4.78 is 23.3. The summed E-state index contributed by atoms with van der Waals surface area (Å²) in [6.45, 7) is 12.7. The largest absolute Gasteiger partial charge is 0.481 e. The Morgan fingerprint density at radius 1 is 0.538 bits per heavy atom. The Balaban J connectivity index is 3.38. The molecule has 0 saturated heterocycles. The van der Waals surface area contributed by atoms with Crippen molar-refractivity contribution >= 4 is 5.97 Å². The van der Waals surface area contributed by atoms with E-state index in [1.54, 1.807) is 0 Å². The second-order valence-electron chi connectivity index (χ2n) is 11.6. The maximum Gasteiger partial charge on any atom is 0.303 e. The number of ether oxygens (including phenoxy) is 4. The van der Waals surface area contributed by atoms with Crippen molar-refractivity contribution in [3.05, 3.63) is 6.42 Å². The van der Waals surface area contributed by atoms with Crippen molar-refractivity contribution < 1.29 is 28.8 Å². The number of unbranched alkanes of at least 4 members (excludes halogenated alkanes) is 15. The molecule has 0 aromatic heterocycles. The first-order valence-corrected chi connectivity index (χ1v) is 16.3. The van der Waals surface area contributed by atoms with Gasteiger partial charge in [0.05, 0.1) is 44.2 Å². The van der Waals surface area contributed by atoms with E-state index in [2.05, 4.69) is 13.8 Å². The summed E-state index contributed by atoms with van der Waals surface area (Å²) in [6.07, 6.45) is 24.5. The Labute approximate surface area is 242 Å². The van der Waals surface area contributed by atoms with Gasteiger partial charge < -0.3 is 24.1 Å². The van der Waals surface area contributed by atoms with Crippen molar-refractivity contribution in [1.29, 1.82) is 0 Å². The molecule has 4 atom stereocenters. The van der Waals surface area contributed by atoms with Gasteiger partial charge in [-0.25, -0.2) is 0 Å². The van der Waals surface area contributed by atoms with E-state index in [9.17, 15) is 4.79 Å². The molecule has 233 valence electrons. The van der Waals surface area contributed by atoms with Gasteiger partial charge in [-0.15, -0.1) is 0 Å². The molecule has 0 fully saturated rings. The summed E-state index contributed by atoms with van der Waals surface area (Å²) in [5, 5.41) is 8.63. The number of carboxylic acids is 1. The summed E-state index contributed by atoms with van der Waals surface area (Å²) in [5.74, 6) is -0.662. The zero-order chi connectivity index (χ0) is 29.0. The monoisotopic (exact) mass is 557 g/mol. The van der Waals surface area contributed by atoms with Crippen LogP contribution in [0.15, 0.2) is 0 Å². The molecule has 0 saturated carbocycles. The van der Waals surface area contributed by atoms with Gasteiger partial charge in [-0.2, -0.15) is 0 Å². The third kappa shape index (κ3) is 30.1. The molecule has 0 aliphatic heterocycles. The van der Waals surface area contributed by atoms with Gasteiger partial charge in [0, 0.05) is 13.0 Å². The smallest absolute Gasteiger partial charge is 0.303 e. The van der Waals surface area contributed by atoms with Crippen molar-refractivity contribution in [2.75, 3.05) is 26.4 Å². The van der Waals surface area contributed by atoms with E-state index >= 15 is 0 Å². The maximum atomic E-state index is 10.5. The normalized spacial score (nSPS) is 14.8. The fourth-order valence-electron chi connectivity index (χ4n) is 4.57. The summed E-state index contributed by atoms with van der Waals surface area (Å²) >= 11 is 0. The Hall–Kier alpha value is -0.690. The third-order valence-electron chi connectivity index (χ3n) is 7.15. The van der Waals surface area contributed by atoms with Gasteiger partial charge in [-0.05, 0) is 47.0 Å².